The summed E-state index contributed by atoms with van der Waals surface area (Å²) in [6, 6.07) is 17.5. The molecule has 1 amide bonds. The number of anilines is 2. The number of ether oxygens (including phenoxy) is 2. The van der Waals surface area contributed by atoms with Gasteiger partial charge >= 0.3 is 6.09 Å². The van der Waals surface area contributed by atoms with Crippen LogP contribution in [-0.2, 0) is 0 Å². The standard InChI is InChI=1S/C29H35N3O3/c1-3-4-19-34-25-14-10-23(11-15-25)27-20-26(13-9-22(27)2)35-29(33)31-24-12-16-28(30-21-24)32-17-7-5-6-8-18-32/h9-16,20-21H,3-8,17-19H2,1-2H3,(H,31,33). The Morgan fingerprint density at radius 2 is 1.71 bits per heavy atom. The van der Waals surface area contributed by atoms with Crippen LogP contribution < -0.4 is 19.7 Å². The van der Waals surface area contributed by atoms with Gasteiger partial charge in [-0.05, 0) is 79.3 Å². The van der Waals surface area contributed by atoms with Gasteiger partial charge in [-0.3, -0.25) is 5.32 Å². The van der Waals surface area contributed by atoms with Crippen molar-refractivity contribution in [3.63, 3.8) is 0 Å². The molecule has 4 rings (SSSR count). The third-order valence-electron chi connectivity index (χ3n) is 6.28. The molecule has 2 heterocycles. The lowest BCUT2D eigenvalue weighted by atomic mass is 10.0. The van der Waals surface area contributed by atoms with E-state index in [1.807, 2.05) is 55.5 Å². The Morgan fingerprint density at radius 1 is 0.971 bits per heavy atom. The van der Waals surface area contributed by atoms with Gasteiger partial charge in [-0.2, -0.15) is 0 Å². The predicted molar refractivity (Wildman–Crippen MR) is 142 cm³/mol. The molecule has 184 valence electrons. The zero-order valence-electron chi connectivity index (χ0n) is 20.8. The van der Waals surface area contributed by atoms with E-state index >= 15 is 0 Å². The molecule has 0 atom stereocenters. The third kappa shape index (κ3) is 6.98. The lowest BCUT2D eigenvalue weighted by Crippen LogP contribution is -2.25. The summed E-state index contributed by atoms with van der Waals surface area (Å²) in [6.07, 6.45) is 8.25. The van der Waals surface area contributed by atoms with Crippen LogP contribution >= 0.6 is 0 Å². The number of pyridine rings is 1. The molecule has 1 aromatic heterocycles. The molecule has 0 bridgehead atoms. The first-order valence-electron chi connectivity index (χ1n) is 12.7. The van der Waals surface area contributed by atoms with Gasteiger partial charge in [0.25, 0.3) is 0 Å². The number of aryl methyl sites for hydroxylation is 1. The van der Waals surface area contributed by atoms with Crippen molar-refractivity contribution < 1.29 is 14.3 Å². The SMILES string of the molecule is CCCCOc1ccc(-c2cc(OC(=O)Nc3ccc(N4CCCCCC4)nc3)ccc2C)cc1. The van der Waals surface area contributed by atoms with Crippen LogP contribution in [0.15, 0.2) is 60.8 Å². The maximum absolute atomic E-state index is 12.5. The van der Waals surface area contributed by atoms with Gasteiger partial charge < -0.3 is 14.4 Å². The normalized spacial score (nSPS) is 13.7. The van der Waals surface area contributed by atoms with Gasteiger partial charge in [0.2, 0.25) is 0 Å². The summed E-state index contributed by atoms with van der Waals surface area (Å²) in [5, 5.41) is 2.78. The first kappa shape index (κ1) is 24.6. The van der Waals surface area contributed by atoms with Crippen molar-refractivity contribution in [3.8, 4) is 22.6 Å². The molecule has 0 aliphatic carbocycles. The highest BCUT2D eigenvalue weighted by atomic mass is 16.6. The Balaban J connectivity index is 1.37. The molecule has 6 heteroatoms. The van der Waals surface area contributed by atoms with Crippen LogP contribution in [0.1, 0.15) is 51.0 Å². The van der Waals surface area contributed by atoms with E-state index in [0.29, 0.717) is 11.4 Å². The highest BCUT2D eigenvalue weighted by Gasteiger charge is 2.12. The van der Waals surface area contributed by atoms with Gasteiger partial charge in [0.15, 0.2) is 0 Å². The second-order valence-electron chi connectivity index (χ2n) is 9.02. The zero-order chi connectivity index (χ0) is 24.5. The largest absolute Gasteiger partial charge is 0.494 e. The van der Waals surface area contributed by atoms with E-state index in [2.05, 4.69) is 22.1 Å². The summed E-state index contributed by atoms with van der Waals surface area (Å²) >= 11 is 0. The first-order chi connectivity index (χ1) is 17.1. The molecule has 1 saturated heterocycles. The summed E-state index contributed by atoms with van der Waals surface area (Å²) in [4.78, 5) is 19.4. The predicted octanol–water partition coefficient (Wildman–Crippen LogP) is 7.23. The van der Waals surface area contributed by atoms with E-state index in [9.17, 15) is 4.79 Å². The molecule has 6 nitrogen and oxygen atoms in total. The maximum atomic E-state index is 12.5. The van der Waals surface area contributed by atoms with Gasteiger partial charge in [0, 0.05) is 13.1 Å². The smallest absolute Gasteiger partial charge is 0.417 e. The van der Waals surface area contributed by atoms with Gasteiger partial charge in [0.1, 0.15) is 17.3 Å². The molecule has 0 unspecified atom stereocenters. The fourth-order valence-corrected chi connectivity index (χ4v) is 4.24. The average molecular weight is 474 g/mol. The number of unbranched alkanes of at least 4 members (excludes halogenated alkanes) is 1. The van der Waals surface area contributed by atoms with Crippen molar-refractivity contribution in [1.29, 1.82) is 0 Å². The molecule has 2 aromatic carbocycles. The highest BCUT2D eigenvalue weighted by molar-refractivity contribution is 5.86. The lowest BCUT2D eigenvalue weighted by Gasteiger charge is -2.21. The summed E-state index contributed by atoms with van der Waals surface area (Å²) in [5.41, 5.74) is 3.77. The van der Waals surface area contributed by atoms with Crippen molar-refractivity contribution >= 4 is 17.6 Å². The van der Waals surface area contributed by atoms with Crippen molar-refractivity contribution in [1.82, 2.24) is 4.98 Å². The summed E-state index contributed by atoms with van der Waals surface area (Å²) in [5.74, 6) is 2.30. The Hall–Kier alpha value is -3.54. The molecule has 0 saturated carbocycles. The number of hydrogen-bond acceptors (Lipinski definition) is 5. The molecule has 3 aromatic rings. The van der Waals surface area contributed by atoms with Crippen LogP contribution in [0, 0.1) is 6.92 Å². The number of carbonyl (C=O) groups excluding carboxylic acids is 1. The van der Waals surface area contributed by atoms with Crippen molar-refractivity contribution in [3.05, 3.63) is 66.4 Å². The van der Waals surface area contributed by atoms with Crippen LogP contribution in [0.25, 0.3) is 11.1 Å². The number of aromatic nitrogens is 1. The van der Waals surface area contributed by atoms with E-state index in [1.165, 1.54) is 25.7 Å². The fraction of sp³-hybridized carbons (Fsp3) is 0.379. The van der Waals surface area contributed by atoms with E-state index in [4.69, 9.17) is 9.47 Å². The second-order valence-corrected chi connectivity index (χ2v) is 9.02. The van der Waals surface area contributed by atoms with Crippen LogP contribution in [0.5, 0.6) is 11.5 Å². The first-order valence-corrected chi connectivity index (χ1v) is 12.7. The average Bonchev–Trinajstić information content (AvgIpc) is 3.16. The van der Waals surface area contributed by atoms with Crippen molar-refractivity contribution in [2.75, 3.05) is 29.9 Å². The van der Waals surface area contributed by atoms with Gasteiger partial charge in [-0.15, -0.1) is 0 Å². The van der Waals surface area contributed by atoms with E-state index in [-0.39, 0.29) is 0 Å². The van der Waals surface area contributed by atoms with E-state index < -0.39 is 6.09 Å². The monoisotopic (exact) mass is 473 g/mol. The van der Waals surface area contributed by atoms with Gasteiger partial charge in [-0.1, -0.05) is 44.4 Å². The second kappa shape index (κ2) is 12.2. The third-order valence-corrected chi connectivity index (χ3v) is 6.28. The van der Waals surface area contributed by atoms with Crippen molar-refractivity contribution in [2.24, 2.45) is 0 Å². The Labute approximate surface area is 208 Å². The van der Waals surface area contributed by atoms with Crippen LogP contribution in [0.2, 0.25) is 0 Å². The zero-order valence-corrected chi connectivity index (χ0v) is 20.8. The Morgan fingerprint density at radius 3 is 2.40 bits per heavy atom. The molecular weight excluding hydrogens is 438 g/mol. The van der Waals surface area contributed by atoms with Crippen LogP contribution in [-0.4, -0.2) is 30.8 Å². The quantitative estimate of drug-likeness (QED) is 0.350. The number of benzene rings is 2. The number of nitrogens with one attached hydrogen (secondary N) is 1. The number of carbonyl (C=O) groups is 1. The van der Waals surface area contributed by atoms with E-state index in [0.717, 1.165) is 60.8 Å². The van der Waals surface area contributed by atoms with Crippen LogP contribution in [0.3, 0.4) is 0 Å². The Bertz CT molecular complexity index is 1090. The lowest BCUT2D eigenvalue weighted by molar-refractivity contribution is 0.215. The van der Waals surface area contributed by atoms with Gasteiger partial charge in [0.05, 0.1) is 18.5 Å². The topological polar surface area (TPSA) is 63.7 Å². The minimum atomic E-state index is -0.538. The Kier molecular flexibility index (Phi) is 8.60. The molecular formula is C29H35N3O3. The molecule has 0 spiro atoms. The highest BCUT2D eigenvalue weighted by Crippen LogP contribution is 2.29. The number of rotatable bonds is 8. The van der Waals surface area contributed by atoms with Crippen LogP contribution in [0.4, 0.5) is 16.3 Å². The molecule has 1 aliphatic rings. The number of nitrogens with zero attached hydrogens (tertiary/aromatic N) is 2. The fourth-order valence-electron chi connectivity index (χ4n) is 4.24. The minimum Gasteiger partial charge on any atom is -0.494 e. The number of amides is 1. The summed E-state index contributed by atoms with van der Waals surface area (Å²) in [7, 11) is 0. The maximum Gasteiger partial charge on any atom is 0.417 e. The molecule has 1 fully saturated rings. The summed E-state index contributed by atoms with van der Waals surface area (Å²) in [6.45, 7) is 6.99. The molecule has 0 radical (unpaired) electrons. The summed E-state index contributed by atoms with van der Waals surface area (Å²) < 4.78 is 11.3. The molecule has 35 heavy (non-hydrogen) atoms. The minimum absolute atomic E-state index is 0.487. The van der Waals surface area contributed by atoms with Crippen molar-refractivity contribution in [2.45, 2.75) is 52.4 Å². The molecule has 1 aliphatic heterocycles. The number of hydrogen-bond donors (Lipinski definition) is 1. The molecule has 1 N–H and O–H groups in total. The van der Waals surface area contributed by atoms with Gasteiger partial charge in [-0.25, -0.2) is 9.78 Å². The van der Waals surface area contributed by atoms with E-state index in [1.54, 1.807) is 12.3 Å².